The number of hydrogen-bond donors (Lipinski definition) is 1. The highest BCUT2D eigenvalue weighted by Crippen LogP contribution is 2.31. The first kappa shape index (κ1) is 27.5. The summed E-state index contributed by atoms with van der Waals surface area (Å²) in [6, 6.07) is 16.1. The molecule has 3 aromatic heterocycles. The molecule has 0 aliphatic carbocycles. The van der Waals surface area contributed by atoms with E-state index in [-0.39, 0.29) is 12.8 Å². The Kier molecular flexibility index (Phi) is 8.02. The number of rotatable bonds is 9. The summed E-state index contributed by atoms with van der Waals surface area (Å²) in [6.45, 7) is 1.23. The van der Waals surface area contributed by atoms with Crippen molar-refractivity contribution in [3.8, 4) is 28.4 Å². The molecule has 0 saturated carbocycles. The highest BCUT2D eigenvalue weighted by atomic mass is 19.1. The SMILES string of the molecule is COc1ccc2nccc(Oc3ccc(NC(=O)c4cn(CCN(C)C)cc(-c5ccc(F)cc5)c4=O)nc3)c2c1.[HH]. The maximum Gasteiger partial charge on any atom is 0.262 e. The zero-order valence-electron chi connectivity index (χ0n) is 22.8. The third-order valence-corrected chi connectivity index (χ3v) is 6.40. The molecule has 1 amide bonds. The van der Waals surface area contributed by atoms with E-state index in [4.69, 9.17) is 9.47 Å². The van der Waals surface area contributed by atoms with Crippen LogP contribution in [-0.4, -0.2) is 53.1 Å². The molecule has 0 radical (unpaired) electrons. The molecule has 5 aromatic rings. The van der Waals surface area contributed by atoms with Crippen LogP contribution in [0.15, 0.2) is 90.2 Å². The van der Waals surface area contributed by atoms with Gasteiger partial charge in [0.15, 0.2) is 0 Å². The van der Waals surface area contributed by atoms with Gasteiger partial charge in [-0.15, -0.1) is 0 Å². The number of nitrogens with one attached hydrogen (secondary N) is 1. The molecule has 0 aliphatic heterocycles. The van der Waals surface area contributed by atoms with E-state index in [2.05, 4.69) is 15.3 Å². The van der Waals surface area contributed by atoms with Gasteiger partial charge in [-0.1, -0.05) is 12.1 Å². The predicted molar refractivity (Wildman–Crippen MR) is 157 cm³/mol. The van der Waals surface area contributed by atoms with Gasteiger partial charge in [0.25, 0.3) is 5.91 Å². The molecule has 0 fully saturated rings. The Morgan fingerprint density at radius 2 is 1.80 bits per heavy atom. The average Bonchev–Trinajstić information content (AvgIpc) is 2.98. The van der Waals surface area contributed by atoms with Gasteiger partial charge in [-0.25, -0.2) is 9.37 Å². The number of hydrogen-bond acceptors (Lipinski definition) is 7. The number of fused-ring (bicyclic) bond motifs is 1. The Bertz CT molecular complexity index is 1760. The van der Waals surface area contributed by atoms with Crippen LogP contribution in [-0.2, 0) is 6.54 Å². The molecule has 0 atom stereocenters. The largest absolute Gasteiger partial charge is 0.497 e. The minimum atomic E-state index is -0.606. The third-order valence-electron chi connectivity index (χ3n) is 6.40. The van der Waals surface area contributed by atoms with Crippen LogP contribution in [0.2, 0.25) is 0 Å². The number of likely N-dealkylation sites (N-methyl/N-ethyl adjacent to an activating group) is 1. The average molecular weight is 556 g/mol. The van der Waals surface area contributed by atoms with Crippen molar-refractivity contribution < 1.29 is 20.1 Å². The quantitative estimate of drug-likeness (QED) is 0.258. The fourth-order valence-electron chi connectivity index (χ4n) is 4.21. The van der Waals surface area contributed by atoms with Gasteiger partial charge in [-0.05, 0) is 68.2 Å². The summed E-state index contributed by atoms with van der Waals surface area (Å²) in [4.78, 5) is 37.3. The minimum Gasteiger partial charge on any atom is -0.497 e. The lowest BCUT2D eigenvalue weighted by molar-refractivity contribution is 0.102. The Morgan fingerprint density at radius 1 is 1.02 bits per heavy atom. The molecule has 10 heteroatoms. The molecule has 210 valence electrons. The van der Waals surface area contributed by atoms with Crippen molar-refractivity contribution in [2.45, 2.75) is 6.54 Å². The van der Waals surface area contributed by atoms with E-state index in [0.29, 0.717) is 41.5 Å². The molecule has 9 nitrogen and oxygen atoms in total. The van der Waals surface area contributed by atoms with Crippen LogP contribution in [0, 0.1) is 5.82 Å². The van der Waals surface area contributed by atoms with Crippen molar-refractivity contribution in [2.24, 2.45) is 0 Å². The highest BCUT2D eigenvalue weighted by Gasteiger charge is 2.17. The number of amides is 1. The van der Waals surface area contributed by atoms with Crippen LogP contribution in [0.5, 0.6) is 17.2 Å². The molecule has 41 heavy (non-hydrogen) atoms. The van der Waals surface area contributed by atoms with Crippen LogP contribution in [0.4, 0.5) is 10.2 Å². The molecule has 2 aromatic carbocycles. The highest BCUT2D eigenvalue weighted by molar-refractivity contribution is 6.04. The van der Waals surface area contributed by atoms with E-state index in [1.54, 1.807) is 42.3 Å². The predicted octanol–water partition coefficient (Wildman–Crippen LogP) is 5.46. The minimum absolute atomic E-state index is 0. The Morgan fingerprint density at radius 3 is 2.51 bits per heavy atom. The van der Waals surface area contributed by atoms with E-state index in [1.807, 2.05) is 37.2 Å². The molecule has 1 N–H and O–H groups in total. The molecule has 0 unspecified atom stereocenters. The van der Waals surface area contributed by atoms with Crippen molar-refractivity contribution >= 4 is 22.6 Å². The second-order valence-electron chi connectivity index (χ2n) is 9.59. The lowest BCUT2D eigenvalue weighted by Crippen LogP contribution is -2.26. The third kappa shape index (κ3) is 6.39. The van der Waals surface area contributed by atoms with Crippen LogP contribution < -0.4 is 20.2 Å². The number of aromatic nitrogens is 3. The van der Waals surface area contributed by atoms with Gasteiger partial charge in [0.05, 0.1) is 18.8 Å². The summed E-state index contributed by atoms with van der Waals surface area (Å²) >= 11 is 0. The first-order chi connectivity index (χ1) is 19.8. The van der Waals surface area contributed by atoms with Crippen molar-refractivity contribution in [1.29, 1.82) is 0 Å². The van der Waals surface area contributed by atoms with Gasteiger partial charge >= 0.3 is 0 Å². The van der Waals surface area contributed by atoms with Crippen molar-refractivity contribution in [1.82, 2.24) is 19.4 Å². The van der Waals surface area contributed by atoms with Gasteiger partial charge < -0.3 is 24.3 Å². The maximum atomic E-state index is 13.5. The number of ether oxygens (including phenoxy) is 2. The molecule has 0 aliphatic rings. The smallest absolute Gasteiger partial charge is 0.262 e. The Hall–Kier alpha value is -5.09. The fourth-order valence-corrected chi connectivity index (χ4v) is 4.21. The molecule has 5 rings (SSSR count). The second kappa shape index (κ2) is 12.0. The van der Waals surface area contributed by atoms with E-state index in [0.717, 1.165) is 10.9 Å². The zero-order chi connectivity index (χ0) is 28.9. The van der Waals surface area contributed by atoms with Crippen LogP contribution in [0.25, 0.3) is 22.0 Å². The number of carbonyl (C=O) groups is 1. The standard InChI is InChI=1S/C31H28FN5O4.H2/c1-36(2)14-15-37-18-25(20-4-6-21(32)7-5-20)30(38)26(19-37)31(39)35-29-11-9-23(17-34-29)41-28-12-13-33-27-10-8-22(40-3)16-24(27)28;/h4-13,16-19H,14-15H2,1-3H3,(H,34,35,39);1H. The van der Waals surface area contributed by atoms with Crippen molar-refractivity contribution in [3.63, 3.8) is 0 Å². The van der Waals surface area contributed by atoms with Gasteiger partial charge in [0.1, 0.15) is 34.4 Å². The van der Waals surface area contributed by atoms with E-state index < -0.39 is 17.2 Å². The van der Waals surface area contributed by atoms with Gasteiger partial charge in [-0.3, -0.25) is 14.6 Å². The fraction of sp³-hybridized carbons (Fsp3) is 0.161. The molecule has 0 saturated heterocycles. The van der Waals surface area contributed by atoms with Crippen molar-refractivity contribution in [2.75, 3.05) is 33.1 Å². The molecule has 0 spiro atoms. The number of pyridine rings is 3. The number of benzene rings is 2. The summed E-state index contributed by atoms with van der Waals surface area (Å²) in [5.74, 6) is 0.925. The molecular weight excluding hydrogens is 525 g/mol. The summed E-state index contributed by atoms with van der Waals surface area (Å²) in [5.41, 5.74) is 1.05. The topological polar surface area (TPSA) is 98.6 Å². The second-order valence-corrected chi connectivity index (χ2v) is 9.59. The van der Waals surface area contributed by atoms with Gasteiger partial charge in [0, 0.05) is 44.1 Å². The lowest BCUT2D eigenvalue weighted by atomic mass is 10.0. The van der Waals surface area contributed by atoms with Gasteiger partial charge in [-0.2, -0.15) is 0 Å². The molecular formula is C31H30FN5O4. The lowest BCUT2D eigenvalue weighted by Gasteiger charge is -2.15. The Balaban J connectivity index is 0.00000405. The summed E-state index contributed by atoms with van der Waals surface area (Å²) in [7, 11) is 5.46. The van der Waals surface area contributed by atoms with Crippen molar-refractivity contribution in [3.05, 3.63) is 107 Å². The first-order valence-electron chi connectivity index (χ1n) is 12.8. The van der Waals surface area contributed by atoms with E-state index >= 15 is 0 Å². The van der Waals surface area contributed by atoms with Crippen LogP contribution >= 0.6 is 0 Å². The number of nitrogens with zero attached hydrogens (tertiary/aromatic N) is 4. The number of methoxy groups -OCH3 is 1. The van der Waals surface area contributed by atoms with E-state index in [9.17, 15) is 14.0 Å². The summed E-state index contributed by atoms with van der Waals surface area (Å²) in [5, 5.41) is 3.47. The van der Waals surface area contributed by atoms with Crippen LogP contribution in [0.1, 0.15) is 11.8 Å². The summed E-state index contributed by atoms with van der Waals surface area (Å²) in [6.07, 6.45) is 6.33. The molecule has 0 bridgehead atoms. The first-order valence-corrected chi connectivity index (χ1v) is 12.8. The number of anilines is 1. The van der Waals surface area contributed by atoms with Crippen LogP contribution in [0.3, 0.4) is 0 Å². The maximum absolute atomic E-state index is 13.5. The monoisotopic (exact) mass is 555 g/mol. The number of halogens is 1. The van der Waals surface area contributed by atoms with Gasteiger partial charge in [0.2, 0.25) is 5.43 Å². The zero-order valence-corrected chi connectivity index (χ0v) is 22.8. The summed E-state index contributed by atoms with van der Waals surface area (Å²) < 4.78 is 26.7. The normalized spacial score (nSPS) is 11.0. The molecule has 3 heterocycles. The number of carbonyl (C=O) groups excluding carboxylic acids is 1. The Labute approximate surface area is 237 Å². The van der Waals surface area contributed by atoms with E-state index in [1.165, 1.54) is 36.7 Å².